The predicted octanol–water partition coefficient (Wildman–Crippen LogP) is 3.27. The van der Waals surface area contributed by atoms with Crippen LogP contribution < -0.4 is 5.32 Å². The molecule has 5 nitrogen and oxygen atoms in total. The molecular formula is C18H22N2O3. The molecule has 0 unspecified atom stereocenters. The maximum atomic E-state index is 12.1. The molecular weight excluding hydrogens is 292 g/mol. The Morgan fingerprint density at radius 3 is 2.57 bits per heavy atom. The Bertz CT molecular complexity index is 678. The van der Waals surface area contributed by atoms with Gasteiger partial charge in [-0.25, -0.2) is 0 Å². The van der Waals surface area contributed by atoms with Crippen molar-refractivity contribution in [1.29, 1.82) is 0 Å². The fourth-order valence-electron chi connectivity index (χ4n) is 2.22. The normalized spacial score (nSPS) is 10.4. The molecule has 0 radical (unpaired) electrons. The lowest BCUT2D eigenvalue weighted by atomic mass is 10.1. The van der Waals surface area contributed by atoms with Crippen LogP contribution >= 0.6 is 0 Å². The molecule has 0 aliphatic carbocycles. The average molecular weight is 314 g/mol. The Balaban J connectivity index is 1.88. The fraction of sp³-hybridized carbons (Fsp3) is 0.333. The van der Waals surface area contributed by atoms with Gasteiger partial charge in [0.1, 0.15) is 5.76 Å². The molecule has 1 heterocycles. The van der Waals surface area contributed by atoms with E-state index in [1.165, 1.54) is 12.5 Å². The van der Waals surface area contributed by atoms with Gasteiger partial charge in [0.2, 0.25) is 11.8 Å². The Morgan fingerprint density at radius 1 is 1.17 bits per heavy atom. The molecule has 122 valence electrons. The second-order valence-corrected chi connectivity index (χ2v) is 5.62. The summed E-state index contributed by atoms with van der Waals surface area (Å²) in [6.07, 6.45) is 1.81. The summed E-state index contributed by atoms with van der Waals surface area (Å²) < 4.78 is 5.25. The van der Waals surface area contributed by atoms with Gasteiger partial charge in [0.25, 0.3) is 0 Å². The number of benzene rings is 1. The van der Waals surface area contributed by atoms with E-state index in [0.717, 1.165) is 11.3 Å². The first-order valence-electron chi connectivity index (χ1n) is 7.60. The van der Waals surface area contributed by atoms with Crippen molar-refractivity contribution < 1.29 is 14.0 Å². The summed E-state index contributed by atoms with van der Waals surface area (Å²) in [6.45, 7) is 6.25. The minimum atomic E-state index is -0.112. The third-order valence-electron chi connectivity index (χ3n) is 3.77. The number of rotatable bonds is 6. The molecule has 0 fully saturated rings. The monoisotopic (exact) mass is 314 g/mol. The highest BCUT2D eigenvalue weighted by molar-refractivity contribution is 5.91. The van der Waals surface area contributed by atoms with Crippen molar-refractivity contribution in [1.82, 2.24) is 4.90 Å². The van der Waals surface area contributed by atoms with Crippen LogP contribution in [-0.2, 0) is 16.1 Å². The molecule has 0 atom stereocenters. The quantitative estimate of drug-likeness (QED) is 0.890. The number of carbonyl (C=O) groups excluding carboxylic acids is 2. The van der Waals surface area contributed by atoms with Crippen molar-refractivity contribution in [3.63, 3.8) is 0 Å². The summed E-state index contributed by atoms with van der Waals surface area (Å²) in [4.78, 5) is 25.3. The first kappa shape index (κ1) is 16.8. The lowest BCUT2D eigenvalue weighted by Gasteiger charge is -2.19. The molecule has 2 aromatic rings. The summed E-state index contributed by atoms with van der Waals surface area (Å²) in [6, 6.07) is 9.39. The number of nitrogens with one attached hydrogen (secondary N) is 1. The van der Waals surface area contributed by atoms with Crippen molar-refractivity contribution >= 4 is 17.5 Å². The first-order valence-corrected chi connectivity index (χ1v) is 7.60. The van der Waals surface area contributed by atoms with Gasteiger partial charge in [-0.3, -0.25) is 9.59 Å². The number of nitrogens with zero attached hydrogens (tertiary/aromatic N) is 1. The van der Waals surface area contributed by atoms with E-state index < -0.39 is 0 Å². The zero-order valence-electron chi connectivity index (χ0n) is 13.8. The van der Waals surface area contributed by atoms with Gasteiger partial charge in [-0.15, -0.1) is 0 Å². The zero-order valence-corrected chi connectivity index (χ0v) is 13.8. The van der Waals surface area contributed by atoms with Crippen LogP contribution in [0.1, 0.15) is 30.2 Å². The largest absolute Gasteiger partial charge is 0.467 e. The van der Waals surface area contributed by atoms with Crippen LogP contribution in [0.25, 0.3) is 0 Å². The van der Waals surface area contributed by atoms with Crippen molar-refractivity contribution in [2.24, 2.45) is 0 Å². The highest BCUT2D eigenvalue weighted by Crippen LogP contribution is 2.14. The van der Waals surface area contributed by atoms with Crippen LogP contribution in [0.15, 0.2) is 41.0 Å². The van der Waals surface area contributed by atoms with Gasteiger partial charge < -0.3 is 14.6 Å². The smallest absolute Gasteiger partial charge is 0.226 e. The van der Waals surface area contributed by atoms with Gasteiger partial charge in [0.15, 0.2) is 0 Å². The molecule has 0 aliphatic rings. The summed E-state index contributed by atoms with van der Waals surface area (Å²) in [7, 11) is 0. The number of carbonyl (C=O) groups is 2. The van der Waals surface area contributed by atoms with Gasteiger partial charge in [0, 0.05) is 25.6 Å². The molecule has 1 N–H and O–H groups in total. The molecule has 2 amide bonds. The highest BCUT2D eigenvalue weighted by Gasteiger charge is 2.13. The maximum Gasteiger partial charge on any atom is 0.226 e. The van der Waals surface area contributed by atoms with E-state index in [0.29, 0.717) is 18.8 Å². The number of hydrogen-bond acceptors (Lipinski definition) is 3. The lowest BCUT2D eigenvalue weighted by molar-refractivity contribution is -0.130. The van der Waals surface area contributed by atoms with Gasteiger partial charge in [-0.1, -0.05) is 6.07 Å². The molecule has 0 bridgehead atoms. The summed E-state index contributed by atoms with van der Waals surface area (Å²) in [5.74, 6) is 0.508. The predicted molar refractivity (Wildman–Crippen MR) is 89.0 cm³/mol. The van der Waals surface area contributed by atoms with Crippen LogP contribution in [0, 0.1) is 13.8 Å². The van der Waals surface area contributed by atoms with E-state index in [1.54, 1.807) is 17.2 Å². The summed E-state index contributed by atoms with van der Waals surface area (Å²) in [5.41, 5.74) is 3.09. The van der Waals surface area contributed by atoms with Crippen molar-refractivity contribution in [3.05, 3.63) is 53.5 Å². The van der Waals surface area contributed by atoms with Crippen LogP contribution in [-0.4, -0.2) is 23.3 Å². The Labute approximate surface area is 136 Å². The SMILES string of the molecule is CC(=O)N(CCC(=O)Nc1ccc(C)c(C)c1)Cc1ccco1. The number of anilines is 1. The van der Waals surface area contributed by atoms with Gasteiger partial charge in [-0.05, 0) is 49.2 Å². The second kappa shape index (κ2) is 7.63. The number of hydrogen-bond donors (Lipinski definition) is 1. The van der Waals surface area contributed by atoms with Gasteiger partial charge >= 0.3 is 0 Å². The molecule has 0 aliphatic heterocycles. The highest BCUT2D eigenvalue weighted by atomic mass is 16.3. The van der Waals surface area contributed by atoms with Crippen LogP contribution in [0.5, 0.6) is 0 Å². The van der Waals surface area contributed by atoms with Crippen LogP contribution in [0.3, 0.4) is 0 Å². The molecule has 1 aromatic carbocycles. The molecule has 5 heteroatoms. The summed E-state index contributed by atoms with van der Waals surface area (Å²) in [5, 5.41) is 2.86. The van der Waals surface area contributed by atoms with E-state index in [1.807, 2.05) is 38.1 Å². The molecule has 0 saturated carbocycles. The Kier molecular flexibility index (Phi) is 5.57. The van der Waals surface area contributed by atoms with E-state index in [4.69, 9.17) is 4.42 Å². The topological polar surface area (TPSA) is 62.6 Å². The van der Waals surface area contributed by atoms with Crippen LogP contribution in [0.4, 0.5) is 5.69 Å². The molecule has 0 spiro atoms. The molecule has 2 rings (SSSR count). The average Bonchev–Trinajstić information content (AvgIpc) is 3.00. The standard InChI is InChI=1S/C18H22N2O3/c1-13-6-7-16(11-14(13)2)19-18(22)8-9-20(15(3)21)12-17-5-4-10-23-17/h4-7,10-11H,8-9,12H2,1-3H3,(H,19,22). The zero-order chi connectivity index (χ0) is 16.8. The Hall–Kier alpha value is -2.56. The van der Waals surface area contributed by atoms with E-state index in [-0.39, 0.29) is 18.2 Å². The minimum Gasteiger partial charge on any atom is -0.467 e. The molecule has 1 aromatic heterocycles. The van der Waals surface area contributed by atoms with Crippen molar-refractivity contribution in [2.45, 2.75) is 33.7 Å². The number of aryl methyl sites for hydroxylation is 2. The number of furan rings is 1. The van der Waals surface area contributed by atoms with E-state index in [2.05, 4.69) is 5.32 Å². The summed E-state index contributed by atoms with van der Waals surface area (Å²) >= 11 is 0. The fourth-order valence-corrected chi connectivity index (χ4v) is 2.22. The van der Waals surface area contributed by atoms with E-state index in [9.17, 15) is 9.59 Å². The number of amides is 2. The van der Waals surface area contributed by atoms with Gasteiger partial charge in [0.05, 0.1) is 12.8 Å². The van der Waals surface area contributed by atoms with Crippen molar-refractivity contribution in [2.75, 3.05) is 11.9 Å². The molecule has 23 heavy (non-hydrogen) atoms. The van der Waals surface area contributed by atoms with E-state index >= 15 is 0 Å². The van der Waals surface area contributed by atoms with Gasteiger partial charge in [-0.2, -0.15) is 0 Å². The maximum absolute atomic E-state index is 12.1. The third-order valence-corrected chi connectivity index (χ3v) is 3.77. The molecule has 0 saturated heterocycles. The van der Waals surface area contributed by atoms with Crippen molar-refractivity contribution in [3.8, 4) is 0 Å². The minimum absolute atomic E-state index is 0.0830. The second-order valence-electron chi connectivity index (χ2n) is 5.62. The first-order chi connectivity index (χ1) is 11.0. The lowest BCUT2D eigenvalue weighted by Crippen LogP contribution is -2.31. The Morgan fingerprint density at radius 2 is 1.96 bits per heavy atom. The van der Waals surface area contributed by atoms with Crippen LogP contribution in [0.2, 0.25) is 0 Å². The third kappa shape index (κ3) is 4.98.